The van der Waals surface area contributed by atoms with Gasteiger partial charge in [0.1, 0.15) is 5.75 Å². The van der Waals surface area contributed by atoms with Crippen molar-refractivity contribution in [2.45, 2.75) is 51.5 Å². The lowest BCUT2D eigenvalue weighted by atomic mass is 9.91. The Kier molecular flexibility index (Phi) is 9.64. The lowest BCUT2D eigenvalue weighted by Crippen LogP contribution is -2.40. The topological polar surface area (TPSA) is 50.8 Å². The van der Waals surface area contributed by atoms with Crippen molar-refractivity contribution in [3.63, 3.8) is 0 Å². The van der Waals surface area contributed by atoms with Gasteiger partial charge in [-0.25, -0.2) is 0 Å². The Morgan fingerprint density at radius 2 is 1.93 bits per heavy atom. The molecule has 0 bridgehead atoms. The molecule has 1 fully saturated rings. The first kappa shape index (κ1) is 21.7. The summed E-state index contributed by atoms with van der Waals surface area (Å²) >= 11 is 0. The Morgan fingerprint density at radius 3 is 2.56 bits per heavy atom. The summed E-state index contributed by atoms with van der Waals surface area (Å²) in [5, 5.41) is 2.91. The molecule has 1 N–H and O–H groups in total. The molecule has 1 atom stereocenters. The van der Waals surface area contributed by atoms with Crippen molar-refractivity contribution in [1.29, 1.82) is 0 Å². The van der Waals surface area contributed by atoms with Gasteiger partial charge in [-0.15, -0.1) is 0 Å². The molecule has 27 heavy (non-hydrogen) atoms. The molecule has 1 amide bonds. The molecule has 0 aliphatic carbocycles. The minimum Gasteiger partial charge on any atom is -0.497 e. The van der Waals surface area contributed by atoms with Crippen molar-refractivity contribution in [2.24, 2.45) is 5.92 Å². The number of carbonyl (C=O) groups excluding carboxylic acids is 1. The second kappa shape index (κ2) is 12.0. The predicted octanol–water partition coefficient (Wildman–Crippen LogP) is 3.27. The first-order valence-corrected chi connectivity index (χ1v) is 10.2. The van der Waals surface area contributed by atoms with Gasteiger partial charge in [0.05, 0.1) is 13.7 Å². The van der Waals surface area contributed by atoms with Gasteiger partial charge in [0.2, 0.25) is 5.91 Å². The van der Waals surface area contributed by atoms with E-state index in [-0.39, 0.29) is 5.91 Å². The van der Waals surface area contributed by atoms with Gasteiger partial charge in [-0.2, -0.15) is 0 Å². The SMILES string of the molecule is COCCNC(=O)CCC1CCN([C@@H](C)CCc2ccc(OC)cc2)CC1. The lowest BCUT2D eigenvalue weighted by Gasteiger charge is -2.36. The van der Waals surface area contributed by atoms with E-state index >= 15 is 0 Å². The van der Waals surface area contributed by atoms with Crippen LogP contribution in [0.5, 0.6) is 5.75 Å². The Labute approximate surface area is 164 Å². The molecule has 0 aromatic heterocycles. The van der Waals surface area contributed by atoms with E-state index in [1.807, 2.05) is 12.1 Å². The second-order valence-corrected chi connectivity index (χ2v) is 7.60. The van der Waals surface area contributed by atoms with Crippen LogP contribution in [0.3, 0.4) is 0 Å². The number of likely N-dealkylation sites (tertiary alicyclic amines) is 1. The minimum absolute atomic E-state index is 0.155. The Hall–Kier alpha value is -1.59. The molecule has 0 spiro atoms. The molecule has 5 nitrogen and oxygen atoms in total. The molecule has 1 aromatic carbocycles. The molecule has 1 aliphatic rings. The van der Waals surface area contributed by atoms with Crippen LogP contribution in [0.4, 0.5) is 0 Å². The molecule has 2 rings (SSSR count). The van der Waals surface area contributed by atoms with E-state index in [1.54, 1.807) is 14.2 Å². The van der Waals surface area contributed by atoms with Crippen LogP contribution in [-0.2, 0) is 16.0 Å². The van der Waals surface area contributed by atoms with Crippen LogP contribution in [0.25, 0.3) is 0 Å². The maximum absolute atomic E-state index is 11.8. The Bertz CT molecular complexity index is 539. The summed E-state index contributed by atoms with van der Waals surface area (Å²) in [5.74, 6) is 1.76. The standard InChI is InChI=1S/C22H36N2O3/c1-18(4-5-19-6-9-21(27-3)10-7-19)24-15-12-20(13-16-24)8-11-22(25)23-14-17-26-2/h6-7,9-10,18,20H,4-5,8,11-17H2,1-3H3,(H,23,25)/t18-/m0/s1. The molecule has 5 heteroatoms. The molecule has 0 unspecified atom stereocenters. The number of rotatable bonds is 11. The summed E-state index contributed by atoms with van der Waals surface area (Å²) in [6, 6.07) is 9.00. The van der Waals surface area contributed by atoms with E-state index in [0.29, 0.717) is 31.5 Å². The van der Waals surface area contributed by atoms with Crippen LogP contribution in [-0.4, -0.2) is 57.3 Å². The highest BCUT2D eigenvalue weighted by atomic mass is 16.5. The number of nitrogens with one attached hydrogen (secondary N) is 1. The quantitative estimate of drug-likeness (QED) is 0.602. The average molecular weight is 377 g/mol. The summed E-state index contributed by atoms with van der Waals surface area (Å²) in [6.07, 6.45) is 6.34. The molecular formula is C22H36N2O3. The zero-order valence-corrected chi connectivity index (χ0v) is 17.2. The van der Waals surface area contributed by atoms with Gasteiger partial charge in [0, 0.05) is 26.1 Å². The van der Waals surface area contributed by atoms with E-state index in [9.17, 15) is 4.79 Å². The minimum atomic E-state index is 0.155. The third kappa shape index (κ3) is 7.89. The highest BCUT2D eigenvalue weighted by molar-refractivity contribution is 5.75. The van der Waals surface area contributed by atoms with Gasteiger partial charge in [-0.3, -0.25) is 4.79 Å². The van der Waals surface area contributed by atoms with Gasteiger partial charge >= 0.3 is 0 Å². The van der Waals surface area contributed by atoms with Gasteiger partial charge < -0.3 is 19.7 Å². The van der Waals surface area contributed by atoms with E-state index < -0.39 is 0 Å². The third-order valence-corrected chi connectivity index (χ3v) is 5.69. The van der Waals surface area contributed by atoms with Crippen molar-refractivity contribution < 1.29 is 14.3 Å². The zero-order valence-electron chi connectivity index (χ0n) is 17.2. The predicted molar refractivity (Wildman–Crippen MR) is 109 cm³/mol. The van der Waals surface area contributed by atoms with Crippen molar-refractivity contribution in [3.05, 3.63) is 29.8 Å². The Morgan fingerprint density at radius 1 is 1.22 bits per heavy atom. The zero-order chi connectivity index (χ0) is 19.5. The van der Waals surface area contributed by atoms with Crippen LogP contribution in [0.2, 0.25) is 0 Å². The van der Waals surface area contributed by atoms with Gasteiger partial charge in [0.15, 0.2) is 0 Å². The van der Waals surface area contributed by atoms with E-state index in [0.717, 1.165) is 31.7 Å². The number of carbonyl (C=O) groups is 1. The largest absolute Gasteiger partial charge is 0.497 e. The van der Waals surface area contributed by atoms with Crippen LogP contribution < -0.4 is 10.1 Å². The summed E-state index contributed by atoms with van der Waals surface area (Å²) in [7, 11) is 3.35. The fraction of sp³-hybridized carbons (Fsp3) is 0.682. The lowest BCUT2D eigenvalue weighted by molar-refractivity contribution is -0.121. The first-order chi connectivity index (χ1) is 13.1. The third-order valence-electron chi connectivity index (χ3n) is 5.69. The summed E-state index contributed by atoms with van der Waals surface area (Å²) in [4.78, 5) is 14.4. The molecule has 1 aromatic rings. The Balaban J connectivity index is 1.61. The molecule has 1 saturated heterocycles. The first-order valence-electron chi connectivity index (χ1n) is 10.2. The highest BCUT2D eigenvalue weighted by Crippen LogP contribution is 2.24. The smallest absolute Gasteiger partial charge is 0.220 e. The molecule has 0 radical (unpaired) electrons. The normalized spacial score (nSPS) is 16.9. The number of piperidine rings is 1. The maximum atomic E-state index is 11.8. The fourth-order valence-electron chi connectivity index (χ4n) is 3.75. The summed E-state index contributed by atoms with van der Waals surface area (Å²) in [5.41, 5.74) is 1.37. The fourth-order valence-corrected chi connectivity index (χ4v) is 3.75. The van der Waals surface area contributed by atoms with Gasteiger partial charge in [0.25, 0.3) is 0 Å². The van der Waals surface area contributed by atoms with Crippen LogP contribution in [0, 0.1) is 5.92 Å². The van der Waals surface area contributed by atoms with Crippen LogP contribution in [0.15, 0.2) is 24.3 Å². The molecule has 1 aliphatic heterocycles. The molecule has 152 valence electrons. The summed E-state index contributed by atoms with van der Waals surface area (Å²) < 4.78 is 10.2. The maximum Gasteiger partial charge on any atom is 0.220 e. The van der Waals surface area contributed by atoms with Crippen LogP contribution in [0.1, 0.15) is 44.6 Å². The number of aryl methyl sites for hydroxylation is 1. The number of benzene rings is 1. The summed E-state index contributed by atoms with van der Waals surface area (Å²) in [6.45, 7) is 5.84. The van der Waals surface area contributed by atoms with Crippen LogP contribution >= 0.6 is 0 Å². The molecule has 0 saturated carbocycles. The van der Waals surface area contributed by atoms with Crippen molar-refractivity contribution in [1.82, 2.24) is 10.2 Å². The van der Waals surface area contributed by atoms with Crippen molar-refractivity contribution >= 4 is 5.91 Å². The van der Waals surface area contributed by atoms with E-state index in [1.165, 1.54) is 24.8 Å². The number of amides is 1. The van der Waals surface area contributed by atoms with E-state index in [2.05, 4.69) is 29.3 Å². The number of hydrogen-bond acceptors (Lipinski definition) is 4. The molecular weight excluding hydrogens is 340 g/mol. The number of ether oxygens (including phenoxy) is 2. The highest BCUT2D eigenvalue weighted by Gasteiger charge is 2.23. The number of methoxy groups -OCH3 is 2. The van der Waals surface area contributed by atoms with Gasteiger partial charge in [-0.1, -0.05) is 12.1 Å². The average Bonchev–Trinajstić information content (AvgIpc) is 2.71. The monoisotopic (exact) mass is 376 g/mol. The van der Waals surface area contributed by atoms with Crippen molar-refractivity contribution in [3.8, 4) is 5.75 Å². The second-order valence-electron chi connectivity index (χ2n) is 7.60. The number of hydrogen-bond donors (Lipinski definition) is 1. The van der Waals surface area contributed by atoms with E-state index in [4.69, 9.17) is 9.47 Å². The van der Waals surface area contributed by atoms with Crippen molar-refractivity contribution in [2.75, 3.05) is 40.5 Å². The van der Waals surface area contributed by atoms with Gasteiger partial charge in [-0.05, 0) is 75.7 Å². The molecule has 1 heterocycles. The number of nitrogens with zero attached hydrogens (tertiary/aromatic N) is 1.